The maximum Gasteiger partial charge on any atom is 0.284 e. The quantitative estimate of drug-likeness (QED) is 0.284. The fourth-order valence-electron chi connectivity index (χ4n) is 2.95. The number of nitro benzene ring substituents is 1. The van der Waals surface area contributed by atoms with Crippen LogP contribution in [0.3, 0.4) is 0 Å². The maximum atomic E-state index is 13.3. The van der Waals surface area contributed by atoms with E-state index in [0.29, 0.717) is 5.69 Å². The molecule has 0 saturated carbocycles. The van der Waals surface area contributed by atoms with Gasteiger partial charge in [0, 0.05) is 24.1 Å². The van der Waals surface area contributed by atoms with E-state index in [2.05, 4.69) is 4.40 Å². The fraction of sp³-hybridized carbons (Fsp3) is 0.0952. The molecule has 1 saturated heterocycles. The number of hydrogen-bond donors (Lipinski definition) is 0. The zero-order valence-electron chi connectivity index (χ0n) is 17.3. The molecular weight excluding hydrogens is 484 g/mol. The summed E-state index contributed by atoms with van der Waals surface area (Å²) in [5.41, 5.74) is 2.04. The molecule has 1 fully saturated rings. The normalized spacial score (nSPS) is 17.5. The van der Waals surface area contributed by atoms with E-state index in [1.165, 1.54) is 44.4 Å². The Bertz CT molecular complexity index is 1330. The number of nitro groups is 1. The number of aryl methyl sites for hydroxylation is 1. The second-order valence-electron chi connectivity index (χ2n) is 7.04. The summed E-state index contributed by atoms with van der Waals surface area (Å²) in [6.07, 6.45) is 0. The molecule has 1 heterocycles. The summed E-state index contributed by atoms with van der Waals surface area (Å²) in [4.78, 5) is 10.5. The Morgan fingerprint density at radius 1 is 1.00 bits per heavy atom. The monoisotopic (exact) mass is 502 g/mol. The molecule has 0 spiro atoms. The van der Waals surface area contributed by atoms with Crippen LogP contribution in [0.5, 0.6) is 0 Å². The number of rotatable bonds is 6. The summed E-state index contributed by atoms with van der Waals surface area (Å²) in [7, 11) is -4.06. The molecule has 0 unspecified atom stereocenters. The first kappa shape index (κ1) is 23.0. The Kier molecular flexibility index (Phi) is 6.49. The second-order valence-corrected chi connectivity index (χ2v) is 11.1. The molecule has 0 amide bonds. The molecule has 0 aromatic heterocycles. The Balaban J connectivity index is 1.72. The van der Waals surface area contributed by atoms with Crippen molar-refractivity contribution in [2.24, 2.45) is 4.40 Å². The highest BCUT2D eigenvalue weighted by Gasteiger charge is 2.37. The molecule has 9 nitrogen and oxygen atoms in total. The van der Waals surface area contributed by atoms with Crippen molar-refractivity contribution in [3.05, 3.63) is 100 Å². The van der Waals surface area contributed by atoms with E-state index >= 15 is 0 Å². The minimum Gasteiger partial charge on any atom is -0.258 e. The lowest BCUT2D eigenvalue weighted by atomic mass is 10.2. The molecule has 170 valence electrons. The Labute approximate surface area is 197 Å². The molecule has 1 atom stereocenters. The molecule has 12 heteroatoms. The summed E-state index contributed by atoms with van der Waals surface area (Å²) >= 11 is -0.929. The van der Waals surface area contributed by atoms with Gasteiger partial charge in [0.1, 0.15) is 0 Å². The van der Waals surface area contributed by atoms with Gasteiger partial charge >= 0.3 is 0 Å². The van der Waals surface area contributed by atoms with E-state index < -0.39 is 26.1 Å². The van der Waals surface area contributed by atoms with E-state index in [9.17, 15) is 22.7 Å². The topological polar surface area (TPSA) is 113 Å². The van der Waals surface area contributed by atoms with Crippen molar-refractivity contribution in [1.82, 2.24) is 4.31 Å². The van der Waals surface area contributed by atoms with E-state index in [1.807, 2.05) is 37.3 Å². The first-order chi connectivity index (χ1) is 15.7. The minimum atomic E-state index is -4.06. The van der Waals surface area contributed by atoms with Gasteiger partial charge in [0.15, 0.2) is 0 Å². The van der Waals surface area contributed by atoms with Gasteiger partial charge in [-0.05, 0) is 36.8 Å². The number of non-ortho nitro benzene ring substituents is 1. The van der Waals surface area contributed by atoms with Crippen LogP contribution in [0, 0.1) is 17.0 Å². The first-order valence-corrected chi connectivity index (χ1v) is 12.9. The maximum absolute atomic E-state index is 13.3. The smallest absolute Gasteiger partial charge is 0.258 e. The molecule has 33 heavy (non-hydrogen) atoms. The predicted molar refractivity (Wildman–Crippen MR) is 129 cm³/mol. The van der Waals surface area contributed by atoms with Crippen LogP contribution in [0.4, 0.5) is 11.4 Å². The molecule has 1 aliphatic rings. The van der Waals surface area contributed by atoms with E-state index in [0.717, 1.165) is 23.1 Å². The average Bonchev–Trinajstić information content (AvgIpc) is 3.09. The number of anilines is 1. The molecule has 1 aliphatic heterocycles. The Morgan fingerprint density at radius 3 is 2.24 bits per heavy atom. The molecular formula is C21H18N4O5S3. The van der Waals surface area contributed by atoms with Crippen molar-refractivity contribution in [1.29, 1.82) is 0 Å². The average molecular weight is 503 g/mol. The SMILES string of the molecule is Cc1ccc(S(=O)(=O)N=C2SN(c3ccc([N+](=O)[O-])cc3)[S@](=O)N2Cc2ccccc2)cc1. The number of amidine groups is 1. The fourth-order valence-corrected chi connectivity index (χ4v) is 6.75. The Morgan fingerprint density at radius 2 is 1.64 bits per heavy atom. The standard InChI is InChI=1S/C21H18N4O5S3/c1-16-7-13-20(14-8-16)33(29,30)22-21-23(15-17-5-3-2-4-6-17)32(28)25(31-21)19-11-9-18(10-12-19)24(26)27/h2-14H,15H2,1H3/t32-/m1/s1. The van der Waals surface area contributed by atoms with Gasteiger partial charge in [-0.15, -0.1) is 4.40 Å². The first-order valence-electron chi connectivity index (χ1n) is 9.62. The van der Waals surface area contributed by atoms with Gasteiger partial charge in [0.05, 0.1) is 22.1 Å². The van der Waals surface area contributed by atoms with Crippen molar-refractivity contribution >= 4 is 49.7 Å². The van der Waals surface area contributed by atoms with Crippen LogP contribution in [0.15, 0.2) is 88.2 Å². The summed E-state index contributed by atoms with van der Waals surface area (Å²) in [5, 5.41) is 11.0. The third-order valence-corrected chi connectivity index (χ3v) is 8.81. The summed E-state index contributed by atoms with van der Waals surface area (Å²) < 4.78 is 46.0. The van der Waals surface area contributed by atoms with Gasteiger partial charge in [0.2, 0.25) is 16.3 Å². The molecule has 0 aliphatic carbocycles. The highest BCUT2D eigenvalue weighted by atomic mass is 32.3. The van der Waals surface area contributed by atoms with Crippen LogP contribution in [-0.2, 0) is 27.7 Å². The van der Waals surface area contributed by atoms with Crippen molar-refractivity contribution in [2.75, 3.05) is 3.71 Å². The van der Waals surface area contributed by atoms with E-state index in [-0.39, 0.29) is 22.3 Å². The minimum absolute atomic E-state index is 0.0282. The van der Waals surface area contributed by atoms with Gasteiger partial charge in [-0.3, -0.25) is 10.1 Å². The number of hydrogen-bond acceptors (Lipinski definition) is 6. The molecule has 0 bridgehead atoms. The number of sulfonamides is 1. The van der Waals surface area contributed by atoms with Crippen LogP contribution in [-0.4, -0.2) is 27.0 Å². The lowest BCUT2D eigenvalue weighted by Gasteiger charge is -2.17. The highest BCUT2D eigenvalue weighted by Crippen LogP contribution is 2.37. The largest absolute Gasteiger partial charge is 0.284 e. The summed E-state index contributed by atoms with van der Waals surface area (Å²) in [6.45, 7) is 2.01. The Hall–Kier alpha value is -3.22. The van der Waals surface area contributed by atoms with Gasteiger partial charge < -0.3 is 0 Å². The molecule has 0 N–H and O–H groups in total. The van der Waals surface area contributed by atoms with Gasteiger partial charge in [-0.1, -0.05) is 48.0 Å². The van der Waals surface area contributed by atoms with Gasteiger partial charge in [0.25, 0.3) is 15.7 Å². The lowest BCUT2D eigenvalue weighted by molar-refractivity contribution is -0.384. The van der Waals surface area contributed by atoms with Crippen LogP contribution in [0.2, 0.25) is 0 Å². The number of nitrogens with zero attached hydrogens (tertiary/aromatic N) is 4. The van der Waals surface area contributed by atoms with Crippen molar-refractivity contribution in [3.8, 4) is 0 Å². The van der Waals surface area contributed by atoms with E-state index in [1.54, 1.807) is 12.1 Å². The van der Waals surface area contributed by atoms with Crippen LogP contribution in [0.25, 0.3) is 0 Å². The van der Waals surface area contributed by atoms with Crippen molar-refractivity contribution in [3.63, 3.8) is 0 Å². The van der Waals surface area contributed by atoms with Gasteiger partial charge in [-0.25, -0.2) is 12.2 Å². The predicted octanol–water partition coefficient (Wildman–Crippen LogP) is 4.20. The van der Waals surface area contributed by atoms with E-state index in [4.69, 9.17) is 0 Å². The summed E-state index contributed by atoms with van der Waals surface area (Å²) in [6, 6.07) is 21.0. The summed E-state index contributed by atoms with van der Waals surface area (Å²) in [5.74, 6) is 0. The van der Waals surface area contributed by atoms with Crippen LogP contribution >= 0.6 is 11.9 Å². The number of benzene rings is 3. The van der Waals surface area contributed by atoms with Gasteiger partial charge in [-0.2, -0.15) is 8.42 Å². The molecule has 3 aromatic carbocycles. The second kappa shape index (κ2) is 9.33. The van der Waals surface area contributed by atoms with Crippen LogP contribution < -0.4 is 3.71 Å². The van der Waals surface area contributed by atoms with Crippen molar-refractivity contribution < 1.29 is 17.6 Å². The molecule has 4 rings (SSSR count). The molecule has 3 aromatic rings. The third-order valence-electron chi connectivity index (χ3n) is 4.67. The highest BCUT2D eigenvalue weighted by molar-refractivity contribution is 8.26. The van der Waals surface area contributed by atoms with Crippen molar-refractivity contribution in [2.45, 2.75) is 18.4 Å². The lowest BCUT2D eigenvalue weighted by Crippen LogP contribution is -2.28. The zero-order valence-corrected chi connectivity index (χ0v) is 19.7. The third kappa shape index (κ3) is 5.07. The molecule has 0 radical (unpaired) electrons. The zero-order chi connectivity index (χ0) is 23.6. The van der Waals surface area contributed by atoms with Crippen LogP contribution in [0.1, 0.15) is 11.1 Å².